The molecule has 0 amide bonds. The number of carbonyl (C=O) groups is 2. The molecule has 0 aromatic heterocycles. The monoisotopic (exact) mass is 436 g/mol. The Morgan fingerprint density at radius 2 is 1.97 bits per heavy atom. The van der Waals surface area contributed by atoms with Crippen molar-refractivity contribution in [3.05, 3.63) is 59.2 Å². The molecule has 2 aliphatic carbocycles. The summed E-state index contributed by atoms with van der Waals surface area (Å²) in [7, 11) is 0. The number of carboxylic acid groups (broad SMARTS) is 1. The first-order chi connectivity index (χ1) is 15.5. The second-order valence-corrected chi connectivity index (χ2v) is 9.35. The number of cyclic esters (lactones) is 1. The van der Waals surface area contributed by atoms with Crippen LogP contribution in [0.15, 0.2) is 42.5 Å². The summed E-state index contributed by atoms with van der Waals surface area (Å²) >= 11 is 0. The molecule has 2 saturated carbocycles. The fourth-order valence-corrected chi connectivity index (χ4v) is 4.89. The highest BCUT2D eigenvalue weighted by atomic mass is 16.5. The molecule has 6 nitrogen and oxygen atoms in total. The van der Waals surface area contributed by atoms with Crippen molar-refractivity contribution in [1.29, 1.82) is 0 Å². The summed E-state index contributed by atoms with van der Waals surface area (Å²) in [5.41, 5.74) is 2.57. The van der Waals surface area contributed by atoms with E-state index < -0.39 is 11.9 Å². The summed E-state index contributed by atoms with van der Waals surface area (Å²) in [5, 5.41) is 9.50. The molecule has 3 aliphatic rings. The van der Waals surface area contributed by atoms with Crippen molar-refractivity contribution in [2.75, 3.05) is 6.61 Å². The van der Waals surface area contributed by atoms with Crippen LogP contribution in [0.25, 0.3) is 0 Å². The molecule has 0 bridgehead atoms. The van der Waals surface area contributed by atoms with Gasteiger partial charge < -0.3 is 19.3 Å². The molecular formula is C26H28O6. The molecule has 1 aliphatic heterocycles. The van der Waals surface area contributed by atoms with Crippen molar-refractivity contribution < 1.29 is 28.9 Å². The lowest BCUT2D eigenvalue weighted by molar-refractivity contribution is -0.142. The van der Waals surface area contributed by atoms with E-state index >= 15 is 0 Å². The van der Waals surface area contributed by atoms with E-state index in [1.54, 1.807) is 13.0 Å². The van der Waals surface area contributed by atoms with Gasteiger partial charge in [0.25, 0.3) is 0 Å². The largest absolute Gasteiger partial charge is 0.493 e. The number of carboxylic acids is 1. The van der Waals surface area contributed by atoms with Gasteiger partial charge in [-0.25, -0.2) is 4.79 Å². The summed E-state index contributed by atoms with van der Waals surface area (Å²) in [6.07, 6.45) is 4.20. The standard InChI is InChI=1S/C26H28O6/c1-15(25(27)28)24(17-5-6-17)18-3-2-4-20(11-18)30-13-16-9-22(10-16)32-21-7-8-23-19(12-21)14-31-26(23)29/h2-4,7-8,11-12,15-17,22,24H,5-6,9-10,13-14H2,1H3,(H,27,28)/t15-,16?,22?,24-/m0/s1. The zero-order chi connectivity index (χ0) is 22.2. The van der Waals surface area contributed by atoms with Gasteiger partial charge in [-0.05, 0) is 79.3 Å². The van der Waals surface area contributed by atoms with Gasteiger partial charge in [0, 0.05) is 5.56 Å². The molecule has 2 atom stereocenters. The Bertz CT molecular complexity index is 1020. The van der Waals surface area contributed by atoms with Gasteiger partial charge in [0.2, 0.25) is 0 Å². The molecule has 32 heavy (non-hydrogen) atoms. The summed E-state index contributed by atoms with van der Waals surface area (Å²) in [5.74, 6) is 1.12. The predicted octanol–water partition coefficient (Wildman–Crippen LogP) is 4.81. The van der Waals surface area contributed by atoms with E-state index in [4.69, 9.17) is 14.2 Å². The smallest absolute Gasteiger partial charge is 0.338 e. The first kappa shape index (κ1) is 20.9. The van der Waals surface area contributed by atoms with Gasteiger partial charge in [0.15, 0.2) is 0 Å². The minimum absolute atomic E-state index is 0.0468. The molecule has 0 spiro atoms. The SMILES string of the molecule is C[C@H](C(=O)O)[C@H](c1cccc(OCC2CC(Oc3ccc4c(c3)COC4=O)C2)c1)C1CC1. The van der Waals surface area contributed by atoms with Crippen LogP contribution in [0.5, 0.6) is 11.5 Å². The van der Waals surface area contributed by atoms with Crippen molar-refractivity contribution in [2.24, 2.45) is 17.8 Å². The molecule has 168 valence electrons. The number of benzene rings is 2. The third kappa shape index (κ3) is 4.31. The molecule has 0 saturated heterocycles. The third-order valence-electron chi connectivity index (χ3n) is 6.94. The zero-order valence-electron chi connectivity index (χ0n) is 18.2. The maximum atomic E-state index is 11.6. The summed E-state index contributed by atoms with van der Waals surface area (Å²) < 4.78 is 17.1. The molecule has 2 fully saturated rings. The van der Waals surface area contributed by atoms with Crippen LogP contribution in [0.4, 0.5) is 0 Å². The van der Waals surface area contributed by atoms with Crippen LogP contribution in [0.2, 0.25) is 0 Å². The number of hydrogen-bond acceptors (Lipinski definition) is 5. The summed E-state index contributed by atoms with van der Waals surface area (Å²) in [4.78, 5) is 23.1. The fraction of sp³-hybridized carbons (Fsp3) is 0.462. The van der Waals surface area contributed by atoms with Gasteiger partial charge in [-0.15, -0.1) is 0 Å². The Morgan fingerprint density at radius 1 is 1.16 bits per heavy atom. The van der Waals surface area contributed by atoms with E-state index in [0.29, 0.717) is 30.6 Å². The second-order valence-electron chi connectivity index (χ2n) is 9.35. The fourth-order valence-electron chi connectivity index (χ4n) is 4.89. The van der Waals surface area contributed by atoms with E-state index in [0.717, 1.165) is 48.3 Å². The highest BCUT2D eigenvalue weighted by molar-refractivity contribution is 5.93. The maximum Gasteiger partial charge on any atom is 0.338 e. The van der Waals surface area contributed by atoms with Gasteiger partial charge in [-0.1, -0.05) is 19.1 Å². The number of hydrogen-bond donors (Lipinski definition) is 1. The lowest BCUT2D eigenvalue weighted by atomic mass is 9.82. The average molecular weight is 437 g/mol. The molecule has 6 heteroatoms. The van der Waals surface area contributed by atoms with Crippen LogP contribution in [0, 0.1) is 17.8 Å². The highest BCUT2D eigenvalue weighted by Crippen LogP contribution is 2.47. The zero-order valence-corrected chi connectivity index (χ0v) is 18.2. The van der Waals surface area contributed by atoms with Crippen LogP contribution in [0.3, 0.4) is 0 Å². The van der Waals surface area contributed by atoms with E-state index in [-0.39, 0.29) is 18.0 Å². The number of fused-ring (bicyclic) bond motifs is 1. The van der Waals surface area contributed by atoms with E-state index in [1.165, 1.54) is 0 Å². The molecule has 0 unspecified atom stereocenters. The Labute approximate surface area is 187 Å². The Kier molecular flexibility index (Phi) is 5.53. The van der Waals surface area contributed by atoms with E-state index in [1.807, 2.05) is 36.4 Å². The third-order valence-corrected chi connectivity index (χ3v) is 6.94. The van der Waals surface area contributed by atoms with Crippen molar-refractivity contribution in [3.63, 3.8) is 0 Å². The normalized spacial score (nSPS) is 23.5. The number of rotatable bonds is 9. The first-order valence-corrected chi connectivity index (χ1v) is 11.4. The minimum atomic E-state index is -0.740. The molecule has 1 heterocycles. The Balaban J connectivity index is 1.12. The topological polar surface area (TPSA) is 82.1 Å². The van der Waals surface area contributed by atoms with Gasteiger partial charge in [-0.2, -0.15) is 0 Å². The van der Waals surface area contributed by atoms with Crippen LogP contribution in [-0.2, 0) is 16.1 Å². The minimum Gasteiger partial charge on any atom is -0.493 e. The van der Waals surface area contributed by atoms with Gasteiger partial charge in [-0.3, -0.25) is 4.79 Å². The van der Waals surface area contributed by atoms with E-state index in [9.17, 15) is 14.7 Å². The van der Waals surface area contributed by atoms with Crippen molar-refractivity contribution in [3.8, 4) is 11.5 Å². The molecule has 2 aromatic carbocycles. The number of ether oxygens (including phenoxy) is 3. The Morgan fingerprint density at radius 3 is 2.72 bits per heavy atom. The average Bonchev–Trinajstić information content (AvgIpc) is 3.52. The van der Waals surface area contributed by atoms with Gasteiger partial charge in [0.05, 0.1) is 24.2 Å². The lowest BCUT2D eigenvalue weighted by Gasteiger charge is -2.35. The molecular weight excluding hydrogens is 408 g/mol. The Hall–Kier alpha value is -3.02. The van der Waals surface area contributed by atoms with Gasteiger partial charge in [0.1, 0.15) is 18.1 Å². The molecule has 5 rings (SSSR count). The van der Waals surface area contributed by atoms with Crippen LogP contribution in [-0.4, -0.2) is 29.8 Å². The lowest BCUT2D eigenvalue weighted by Crippen LogP contribution is -2.37. The maximum absolute atomic E-state index is 11.6. The number of esters is 1. The second kappa shape index (κ2) is 8.49. The van der Waals surface area contributed by atoms with Crippen LogP contribution < -0.4 is 9.47 Å². The number of carbonyl (C=O) groups excluding carboxylic acids is 1. The first-order valence-electron chi connectivity index (χ1n) is 11.4. The quantitative estimate of drug-likeness (QED) is 0.568. The highest BCUT2D eigenvalue weighted by Gasteiger charge is 2.39. The molecule has 2 aromatic rings. The molecule has 0 radical (unpaired) electrons. The van der Waals surface area contributed by atoms with E-state index in [2.05, 4.69) is 0 Å². The summed E-state index contributed by atoms with van der Waals surface area (Å²) in [6.45, 7) is 2.75. The van der Waals surface area contributed by atoms with Crippen LogP contribution in [0.1, 0.15) is 60.0 Å². The van der Waals surface area contributed by atoms with Gasteiger partial charge >= 0.3 is 11.9 Å². The van der Waals surface area contributed by atoms with Crippen molar-refractivity contribution in [1.82, 2.24) is 0 Å². The van der Waals surface area contributed by atoms with Crippen molar-refractivity contribution >= 4 is 11.9 Å². The predicted molar refractivity (Wildman–Crippen MR) is 117 cm³/mol. The number of aliphatic carboxylic acids is 1. The van der Waals surface area contributed by atoms with Crippen molar-refractivity contribution in [2.45, 2.75) is 51.2 Å². The summed E-state index contributed by atoms with van der Waals surface area (Å²) in [6, 6.07) is 13.4. The molecule has 1 N–H and O–H groups in total. The van der Waals surface area contributed by atoms with Crippen LogP contribution >= 0.6 is 0 Å².